The average molecular weight is 691 g/mol. The molecule has 2 saturated heterocycles. The van der Waals surface area contributed by atoms with Crippen LogP contribution in [0.25, 0.3) is 0 Å². The monoisotopic (exact) mass is 690 g/mol. The second kappa shape index (κ2) is 24.4. The van der Waals surface area contributed by atoms with Gasteiger partial charge in [0.25, 0.3) is 0 Å². The maximum absolute atomic E-state index is 12.0. The lowest BCUT2D eigenvalue weighted by Gasteiger charge is -2.42. The van der Waals surface area contributed by atoms with E-state index >= 15 is 0 Å². The van der Waals surface area contributed by atoms with E-state index in [1.165, 1.54) is 0 Å². The Morgan fingerprint density at radius 1 is 0.688 bits per heavy atom. The van der Waals surface area contributed by atoms with Gasteiger partial charge in [-0.05, 0) is 38.5 Å². The Hall–Kier alpha value is -1.79. The van der Waals surface area contributed by atoms with Gasteiger partial charge in [-0.2, -0.15) is 0 Å². The van der Waals surface area contributed by atoms with Crippen molar-refractivity contribution < 1.29 is 69.0 Å². The minimum absolute atomic E-state index is 0.0356. The van der Waals surface area contributed by atoms with E-state index in [1.807, 2.05) is 0 Å². The van der Waals surface area contributed by atoms with Crippen LogP contribution in [0.15, 0.2) is 36.5 Å². The molecule has 11 atom stereocenters. The Balaban J connectivity index is 1.74. The molecule has 0 aliphatic carbocycles. The first-order chi connectivity index (χ1) is 23.1. The average Bonchev–Trinajstić information content (AvgIpc) is 3.09. The fourth-order valence-corrected chi connectivity index (χ4v) is 5.04. The molecule has 2 fully saturated rings. The smallest absolute Gasteiger partial charge is 0.305 e. The van der Waals surface area contributed by atoms with Gasteiger partial charge in [0.05, 0.1) is 26.4 Å². The quantitative estimate of drug-likeness (QED) is 0.0449. The third-order valence-corrected chi connectivity index (χ3v) is 7.97. The molecule has 278 valence electrons. The third kappa shape index (κ3) is 15.0. The number of aliphatic hydroxyl groups is 7. The van der Waals surface area contributed by atoms with Crippen LogP contribution in [0.1, 0.15) is 71.6 Å². The van der Waals surface area contributed by atoms with Gasteiger partial charge in [0.2, 0.25) is 0 Å². The Morgan fingerprint density at radius 2 is 1.27 bits per heavy atom. The number of ether oxygens (including phenoxy) is 6. The van der Waals surface area contributed by atoms with Crippen molar-refractivity contribution in [1.82, 2.24) is 0 Å². The number of carbonyl (C=O) groups excluding carboxylic acids is 1. The number of hydrogen-bond acceptors (Lipinski definition) is 14. The standard InChI is InChI=1S/C34H58O14/c1-3-5-6-7-8-9-10-11-12-13-14-15-16-17-18-43-20-23(46-26(36)4-2)21-44-33-32(42)30(40)28(38)25(48-33)22-45-34-31(41)29(39)27(37)24(19-35)47-34/h5-6,8-9,11-12,23-25,27-35,37-42H,3-4,7,10,13-22H2,1-2H3/b6-5-,9-8-,12-11-. The van der Waals surface area contributed by atoms with Crippen LogP contribution in [0.5, 0.6) is 0 Å². The summed E-state index contributed by atoms with van der Waals surface area (Å²) < 4.78 is 33.2. The molecule has 0 aromatic carbocycles. The van der Waals surface area contributed by atoms with Crippen molar-refractivity contribution in [1.29, 1.82) is 0 Å². The van der Waals surface area contributed by atoms with Crippen LogP contribution >= 0.6 is 0 Å². The highest BCUT2D eigenvalue weighted by Crippen LogP contribution is 2.26. The van der Waals surface area contributed by atoms with Gasteiger partial charge >= 0.3 is 5.97 Å². The Morgan fingerprint density at radius 3 is 1.92 bits per heavy atom. The summed E-state index contributed by atoms with van der Waals surface area (Å²) in [5.41, 5.74) is 0. The summed E-state index contributed by atoms with van der Waals surface area (Å²) in [6.07, 6.45) is 4.96. The van der Waals surface area contributed by atoms with Gasteiger partial charge in [0.15, 0.2) is 12.6 Å². The molecule has 48 heavy (non-hydrogen) atoms. The van der Waals surface area contributed by atoms with Crippen LogP contribution in [0.3, 0.4) is 0 Å². The summed E-state index contributed by atoms with van der Waals surface area (Å²) in [4.78, 5) is 12.0. The van der Waals surface area contributed by atoms with Gasteiger partial charge in [-0.1, -0.05) is 63.1 Å². The van der Waals surface area contributed by atoms with E-state index in [2.05, 4.69) is 43.4 Å². The van der Waals surface area contributed by atoms with Crippen LogP contribution in [-0.4, -0.2) is 142 Å². The predicted molar refractivity (Wildman–Crippen MR) is 173 cm³/mol. The first-order valence-corrected chi connectivity index (χ1v) is 17.1. The molecule has 2 heterocycles. The van der Waals surface area contributed by atoms with E-state index in [1.54, 1.807) is 6.92 Å². The van der Waals surface area contributed by atoms with Gasteiger partial charge in [0, 0.05) is 13.0 Å². The number of unbranched alkanes of at least 4 members (excludes halogenated alkanes) is 4. The summed E-state index contributed by atoms with van der Waals surface area (Å²) in [6.45, 7) is 2.87. The maximum Gasteiger partial charge on any atom is 0.305 e. The fourth-order valence-electron chi connectivity index (χ4n) is 5.04. The van der Waals surface area contributed by atoms with Crippen molar-refractivity contribution in [3.05, 3.63) is 36.5 Å². The highest BCUT2D eigenvalue weighted by molar-refractivity contribution is 5.69. The number of aliphatic hydroxyl groups excluding tert-OH is 7. The van der Waals surface area contributed by atoms with E-state index < -0.39 is 86.7 Å². The molecule has 0 bridgehead atoms. The van der Waals surface area contributed by atoms with Crippen molar-refractivity contribution in [2.24, 2.45) is 0 Å². The first-order valence-electron chi connectivity index (χ1n) is 17.1. The molecular weight excluding hydrogens is 632 g/mol. The minimum Gasteiger partial charge on any atom is -0.457 e. The maximum atomic E-state index is 12.0. The zero-order chi connectivity index (χ0) is 35.3. The number of hydrogen-bond donors (Lipinski definition) is 7. The zero-order valence-corrected chi connectivity index (χ0v) is 28.2. The van der Waals surface area contributed by atoms with Gasteiger partial charge in [-0.3, -0.25) is 4.79 Å². The van der Waals surface area contributed by atoms with Crippen LogP contribution < -0.4 is 0 Å². The number of esters is 1. The van der Waals surface area contributed by atoms with Crippen molar-refractivity contribution in [2.45, 2.75) is 139 Å². The molecule has 2 rings (SSSR count). The van der Waals surface area contributed by atoms with Crippen LogP contribution in [-0.2, 0) is 33.2 Å². The van der Waals surface area contributed by atoms with Gasteiger partial charge in [-0.25, -0.2) is 0 Å². The third-order valence-electron chi connectivity index (χ3n) is 7.97. The molecule has 7 N–H and O–H groups in total. The lowest BCUT2D eigenvalue weighted by Crippen LogP contribution is -2.61. The lowest BCUT2D eigenvalue weighted by molar-refractivity contribution is -0.332. The molecule has 2 aliphatic rings. The molecule has 0 radical (unpaired) electrons. The van der Waals surface area contributed by atoms with E-state index in [4.69, 9.17) is 28.4 Å². The number of carbonyl (C=O) groups is 1. The summed E-state index contributed by atoms with van der Waals surface area (Å²) in [7, 11) is 0. The molecule has 11 unspecified atom stereocenters. The summed E-state index contributed by atoms with van der Waals surface area (Å²) in [5, 5.41) is 70.8. The Bertz CT molecular complexity index is 943. The molecule has 0 saturated carbocycles. The normalized spacial score (nSPS) is 32.0. The second-order valence-electron chi connectivity index (χ2n) is 11.9. The van der Waals surface area contributed by atoms with E-state index in [-0.39, 0.29) is 19.6 Å². The second-order valence-corrected chi connectivity index (χ2v) is 11.9. The SMILES string of the molecule is CC/C=C\C/C=C\C/C=C\CCCCCCOCC(COC1OC(COC2OC(CO)C(O)C(O)C2O)C(O)C(O)C1O)OC(=O)CC. The van der Waals surface area contributed by atoms with Crippen molar-refractivity contribution in [3.63, 3.8) is 0 Å². The Kier molecular flexibility index (Phi) is 21.5. The first kappa shape index (κ1) is 42.4. The van der Waals surface area contributed by atoms with Gasteiger partial charge in [-0.15, -0.1) is 0 Å². The molecule has 0 spiro atoms. The van der Waals surface area contributed by atoms with Crippen molar-refractivity contribution in [3.8, 4) is 0 Å². The van der Waals surface area contributed by atoms with Crippen LogP contribution in [0.4, 0.5) is 0 Å². The van der Waals surface area contributed by atoms with E-state index in [0.717, 1.165) is 51.4 Å². The lowest BCUT2D eigenvalue weighted by atomic mass is 9.98. The summed E-state index contributed by atoms with van der Waals surface area (Å²) >= 11 is 0. The van der Waals surface area contributed by atoms with Crippen molar-refractivity contribution in [2.75, 3.05) is 33.0 Å². The highest BCUT2D eigenvalue weighted by Gasteiger charge is 2.47. The molecule has 14 nitrogen and oxygen atoms in total. The van der Waals surface area contributed by atoms with Crippen LogP contribution in [0.2, 0.25) is 0 Å². The molecule has 2 aliphatic heterocycles. The number of rotatable bonds is 23. The zero-order valence-electron chi connectivity index (χ0n) is 28.2. The molecule has 14 heteroatoms. The topological polar surface area (TPSA) is 214 Å². The minimum atomic E-state index is -1.70. The van der Waals surface area contributed by atoms with Crippen molar-refractivity contribution >= 4 is 5.97 Å². The fraction of sp³-hybridized carbons (Fsp3) is 0.794. The largest absolute Gasteiger partial charge is 0.457 e. The molecule has 0 aromatic heterocycles. The summed E-state index contributed by atoms with van der Waals surface area (Å²) in [5.74, 6) is -0.476. The highest BCUT2D eigenvalue weighted by atomic mass is 16.7. The van der Waals surface area contributed by atoms with E-state index in [9.17, 15) is 40.5 Å². The van der Waals surface area contributed by atoms with Gasteiger partial charge in [0.1, 0.15) is 54.9 Å². The van der Waals surface area contributed by atoms with Gasteiger partial charge < -0.3 is 64.2 Å². The predicted octanol–water partition coefficient (Wildman–Crippen LogP) is 0.775. The van der Waals surface area contributed by atoms with Crippen LogP contribution in [0, 0.1) is 0 Å². The molecular formula is C34H58O14. The molecule has 0 aromatic rings. The number of allylic oxidation sites excluding steroid dienone is 6. The van der Waals surface area contributed by atoms with E-state index in [0.29, 0.717) is 6.61 Å². The summed E-state index contributed by atoms with van der Waals surface area (Å²) in [6, 6.07) is 0. The molecule has 0 amide bonds. The Labute approximate surface area is 283 Å².